The third-order valence-electron chi connectivity index (χ3n) is 2.63. The molecule has 1 atom stereocenters. The van der Waals surface area contributed by atoms with Crippen molar-refractivity contribution in [2.45, 2.75) is 38.7 Å². The Morgan fingerprint density at radius 1 is 1.47 bits per heavy atom. The molecule has 4 nitrogen and oxygen atoms in total. The number of rotatable bonds is 5. The molecular formula is C11H21NO3. The number of aliphatic hydroxyl groups excluding tert-OH is 1. The first-order chi connectivity index (χ1) is 7.29. The van der Waals surface area contributed by atoms with Crippen LogP contribution in [0.25, 0.3) is 0 Å². The number of carbonyl (C=O) groups is 1. The van der Waals surface area contributed by atoms with E-state index in [0.717, 1.165) is 25.7 Å². The zero-order valence-corrected chi connectivity index (χ0v) is 9.45. The average molecular weight is 215 g/mol. The highest BCUT2D eigenvalue weighted by atomic mass is 16.5. The standard InChI is InChI=1S/C11H21NO3/c1-2-6-12(7-8-13)11(14)10-5-3-4-9-15-10/h10,13H,2-9H2,1H3. The summed E-state index contributed by atoms with van der Waals surface area (Å²) in [7, 11) is 0. The van der Waals surface area contributed by atoms with Crippen molar-refractivity contribution in [1.82, 2.24) is 4.90 Å². The van der Waals surface area contributed by atoms with Gasteiger partial charge in [0.2, 0.25) is 0 Å². The molecule has 1 fully saturated rings. The molecule has 1 amide bonds. The van der Waals surface area contributed by atoms with Crippen molar-refractivity contribution in [2.24, 2.45) is 0 Å². The van der Waals surface area contributed by atoms with Gasteiger partial charge in [-0.2, -0.15) is 0 Å². The summed E-state index contributed by atoms with van der Waals surface area (Å²) in [6.45, 7) is 3.87. The molecule has 0 aromatic heterocycles. The molecule has 0 spiro atoms. The minimum atomic E-state index is -0.267. The maximum atomic E-state index is 12.0. The summed E-state index contributed by atoms with van der Waals surface area (Å²) in [4.78, 5) is 13.7. The first-order valence-corrected chi connectivity index (χ1v) is 5.80. The summed E-state index contributed by atoms with van der Waals surface area (Å²) in [5.74, 6) is 0.0469. The van der Waals surface area contributed by atoms with Gasteiger partial charge in [-0.1, -0.05) is 6.92 Å². The van der Waals surface area contributed by atoms with E-state index in [1.54, 1.807) is 4.90 Å². The van der Waals surface area contributed by atoms with Crippen molar-refractivity contribution in [1.29, 1.82) is 0 Å². The fraction of sp³-hybridized carbons (Fsp3) is 0.909. The number of ether oxygens (including phenoxy) is 1. The van der Waals surface area contributed by atoms with Gasteiger partial charge in [0.1, 0.15) is 6.10 Å². The van der Waals surface area contributed by atoms with Crippen molar-refractivity contribution >= 4 is 5.91 Å². The smallest absolute Gasteiger partial charge is 0.251 e. The average Bonchev–Trinajstić information content (AvgIpc) is 2.29. The lowest BCUT2D eigenvalue weighted by molar-refractivity contribution is -0.147. The third-order valence-corrected chi connectivity index (χ3v) is 2.63. The summed E-state index contributed by atoms with van der Waals surface area (Å²) in [5.41, 5.74) is 0. The molecule has 1 heterocycles. The number of nitrogens with zero attached hydrogens (tertiary/aromatic N) is 1. The molecule has 1 rings (SSSR count). The molecule has 15 heavy (non-hydrogen) atoms. The summed E-state index contributed by atoms with van der Waals surface area (Å²) >= 11 is 0. The minimum absolute atomic E-state index is 0.0262. The normalized spacial score (nSPS) is 21.3. The molecular weight excluding hydrogens is 194 g/mol. The van der Waals surface area contributed by atoms with Gasteiger partial charge < -0.3 is 14.7 Å². The Hall–Kier alpha value is -0.610. The molecule has 0 aliphatic carbocycles. The molecule has 0 aromatic rings. The molecule has 0 bridgehead atoms. The van der Waals surface area contributed by atoms with Crippen LogP contribution in [0.4, 0.5) is 0 Å². The number of hydrogen-bond donors (Lipinski definition) is 1. The predicted octanol–water partition coefficient (Wildman–Crippen LogP) is 0.786. The highest BCUT2D eigenvalue weighted by Crippen LogP contribution is 2.15. The molecule has 0 aromatic carbocycles. The highest BCUT2D eigenvalue weighted by molar-refractivity contribution is 5.81. The Morgan fingerprint density at radius 3 is 2.80 bits per heavy atom. The van der Waals surface area contributed by atoms with Crippen molar-refractivity contribution in [2.75, 3.05) is 26.3 Å². The number of amides is 1. The van der Waals surface area contributed by atoms with Crippen molar-refractivity contribution in [3.63, 3.8) is 0 Å². The highest BCUT2D eigenvalue weighted by Gasteiger charge is 2.25. The van der Waals surface area contributed by atoms with Gasteiger partial charge in [0.15, 0.2) is 0 Å². The molecule has 0 radical (unpaired) electrons. The van der Waals surface area contributed by atoms with Crippen LogP contribution in [0.5, 0.6) is 0 Å². The number of hydrogen-bond acceptors (Lipinski definition) is 3. The molecule has 1 aliphatic heterocycles. The lowest BCUT2D eigenvalue weighted by Gasteiger charge is -2.28. The third kappa shape index (κ3) is 3.80. The Bertz CT molecular complexity index is 184. The van der Waals surface area contributed by atoms with E-state index >= 15 is 0 Å². The van der Waals surface area contributed by atoms with E-state index < -0.39 is 0 Å². The summed E-state index contributed by atoms with van der Waals surface area (Å²) in [5, 5.41) is 8.88. The van der Waals surface area contributed by atoms with E-state index in [-0.39, 0.29) is 18.6 Å². The fourth-order valence-corrected chi connectivity index (χ4v) is 1.86. The maximum Gasteiger partial charge on any atom is 0.251 e. The van der Waals surface area contributed by atoms with E-state index in [0.29, 0.717) is 19.7 Å². The fourth-order valence-electron chi connectivity index (χ4n) is 1.86. The van der Waals surface area contributed by atoms with Crippen molar-refractivity contribution in [3.8, 4) is 0 Å². The van der Waals surface area contributed by atoms with Gasteiger partial charge in [0, 0.05) is 19.7 Å². The molecule has 0 saturated carbocycles. The first kappa shape index (κ1) is 12.5. The summed E-state index contributed by atoms with van der Waals surface area (Å²) < 4.78 is 5.44. The predicted molar refractivity (Wildman–Crippen MR) is 57.5 cm³/mol. The molecule has 88 valence electrons. The monoisotopic (exact) mass is 215 g/mol. The lowest BCUT2D eigenvalue weighted by atomic mass is 10.1. The van der Waals surface area contributed by atoms with Crippen LogP contribution in [0.2, 0.25) is 0 Å². The van der Waals surface area contributed by atoms with E-state index in [9.17, 15) is 4.79 Å². The Kier molecular flexibility index (Phi) is 5.65. The summed E-state index contributed by atoms with van der Waals surface area (Å²) in [6, 6.07) is 0. The second kappa shape index (κ2) is 6.80. The van der Waals surface area contributed by atoms with E-state index in [1.807, 2.05) is 6.92 Å². The SMILES string of the molecule is CCCN(CCO)C(=O)C1CCCCO1. The number of aliphatic hydroxyl groups is 1. The zero-order valence-electron chi connectivity index (χ0n) is 9.45. The first-order valence-electron chi connectivity index (χ1n) is 5.80. The van der Waals surface area contributed by atoms with E-state index in [1.165, 1.54) is 0 Å². The van der Waals surface area contributed by atoms with Crippen LogP contribution in [0, 0.1) is 0 Å². The van der Waals surface area contributed by atoms with Crippen LogP contribution in [-0.2, 0) is 9.53 Å². The molecule has 1 aliphatic rings. The van der Waals surface area contributed by atoms with Gasteiger partial charge >= 0.3 is 0 Å². The van der Waals surface area contributed by atoms with Crippen LogP contribution in [0.1, 0.15) is 32.6 Å². The second-order valence-electron chi connectivity index (χ2n) is 3.90. The molecule has 1 saturated heterocycles. The molecule has 1 N–H and O–H groups in total. The van der Waals surface area contributed by atoms with Gasteiger partial charge in [-0.3, -0.25) is 4.79 Å². The van der Waals surface area contributed by atoms with Crippen LogP contribution < -0.4 is 0 Å². The van der Waals surface area contributed by atoms with Crippen LogP contribution in [0.3, 0.4) is 0 Å². The Labute approximate surface area is 91.2 Å². The Morgan fingerprint density at radius 2 is 2.27 bits per heavy atom. The zero-order chi connectivity index (χ0) is 11.1. The topological polar surface area (TPSA) is 49.8 Å². The van der Waals surface area contributed by atoms with Gasteiger partial charge in [-0.15, -0.1) is 0 Å². The van der Waals surface area contributed by atoms with Crippen LogP contribution in [-0.4, -0.2) is 48.3 Å². The second-order valence-corrected chi connectivity index (χ2v) is 3.90. The van der Waals surface area contributed by atoms with Gasteiger partial charge in [-0.25, -0.2) is 0 Å². The molecule has 4 heteroatoms. The van der Waals surface area contributed by atoms with Gasteiger partial charge in [0.25, 0.3) is 5.91 Å². The number of carbonyl (C=O) groups excluding carboxylic acids is 1. The van der Waals surface area contributed by atoms with Gasteiger partial charge in [-0.05, 0) is 25.7 Å². The van der Waals surface area contributed by atoms with Crippen LogP contribution >= 0.6 is 0 Å². The molecule has 1 unspecified atom stereocenters. The summed E-state index contributed by atoms with van der Waals surface area (Å²) in [6.07, 6.45) is 3.59. The lowest BCUT2D eigenvalue weighted by Crippen LogP contribution is -2.43. The largest absolute Gasteiger partial charge is 0.395 e. The van der Waals surface area contributed by atoms with Crippen LogP contribution in [0.15, 0.2) is 0 Å². The van der Waals surface area contributed by atoms with Crippen molar-refractivity contribution < 1.29 is 14.6 Å². The van der Waals surface area contributed by atoms with E-state index in [2.05, 4.69) is 0 Å². The van der Waals surface area contributed by atoms with E-state index in [4.69, 9.17) is 9.84 Å². The quantitative estimate of drug-likeness (QED) is 0.737. The minimum Gasteiger partial charge on any atom is -0.395 e. The Balaban J connectivity index is 2.45. The maximum absolute atomic E-state index is 12.0. The van der Waals surface area contributed by atoms with Gasteiger partial charge in [0.05, 0.1) is 6.61 Å². The van der Waals surface area contributed by atoms with Crippen molar-refractivity contribution in [3.05, 3.63) is 0 Å².